The molecule has 1 aliphatic carbocycles. The van der Waals surface area contributed by atoms with Gasteiger partial charge in [-0.3, -0.25) is 14.4 Å². The number of para-hydroxylation sites is 1. The molecule has 1 aromatic carbocycles. The monoisotopic (exact) mass is 452 g/mol. The van der Waals surface area contributed by atoms with Gasteiger partial charge >= 0.3 is 0 Å². The Bertz CT molecular complexity index is 822. The van der Waals surface area contributed by atoms with Crippen molar-refractivity contribution in [3.05, 3.63) is 30.3 Å². The van der Waals surface area contributed by atoms with E-state index in [0.29, 0.717) is 45.1 Å². The van der Waals surface area contributed by atoms with Crippen LogP contribution in [0.25, 0.3) is 0 Å². The molecule has 0 radical (unpaired) electrons. The number of nitriles is 1. The molecule has 1 aromatic rings. The predicted octanol–water partition coefficient (Wildman–Crippen LogP) is 3.74. The summed E-state index contributed by atoms with van der Waals surface area (Å²) in [7, 11) is 0. The summed E-state index contributed by atoms with van der Waals surface area (Å²) in [5, 5.41) is 8.92. The van der Waals surface area contributed by atoms with Gasteiger partial charge in [0.05, 0.1) is 12.5 Å². The summed E-state index contributed by atoms with van der Waals surface area (Å²) >= 11 is 0. The van der Waals surface area contributed by atoms with E-state index < -0.39 is 0 Å². The van der Waals surface area contributed by atoms with Crippen molar-refractivity contribution in [1.82, 2.24) is 9.80 Å². The van der Waals surface area contributed by atoms with Gasteiger partial charge in [-0.2, -0.15) is 5.26 Å². The Balaban J connectivity index is 1.40. The maximum Gasteiger partial charge on any atom is 0.227 e. The van der Waals surface area contributed by atoms with Crippen molar-refractivity contribution in [2.24, 2.45) is 5.92 Å². The average Bonchev–Trinajstić information content (AvgIpc) is 2.87. The van der Waals surface area contributed by atoms with Gasteiger partial charge in [0.25, 0.3) is 0 Å². The van der Waals surface area contributed by atoms with Crippen LogP contribution in [-0.4, -0.2) is 60.2 Å². The maximum absolute atomic E-state index is 12.8. The molecule has 7 heteroatoms. The number of piperazine rings is 1. The molecule has 0 atom stereocenters. The first-order valence-electron chi connectivity index (χ1n) is 12.4. The minimum Gasteiger partial charge on any atom is -0.339 e. The molecule has 2 fully saturated rings. The first-order valence-corrected chi connectivity index (χ1v) is 12.4. The maximum atomic E-state index is 12.8. The van der Waals surface area contributed by atoms with Gasteiger partial charge in [0, 0.05) is 57.7 Å². The molecule has 7 nitrogen and oxygen atoms in total. The zero-order valence-electron chi connectivity index (χ0n) is 19.6. The summed E-state index contributed by atoms with van der Waals surface area (Å²) in [6, 6.07) is 11.3. The minimum absolute atomic E-state index is 0.0500. The van der Waals surface area contributed by atoms with Crippen molar-refractivity contribution in [3.8, 4) is 6.07 Å². The van der Waals surface area contributed by atoms with E-state index in [-0.39, 0.29) is 37.0 Å². The Morgan fingerprint density at radius 1 is 0.879 bits per heavy atom. The highest BCUT2D eigenvalue weighted by molar-refractivity contribution is 5.95. The number of hydrogen-bond donors (Lipinski definition) is 0. The van der Waals surface area contributed by atoms with Crippen molar-refractivity contribution in [2.75, 3.05) is 37.6 Å². The molecular formula is C26H36N4O3. The predicted molar refractivity (Wildman–Crippen MR) is 127 cm³/mol. The summed E-state index contributed by atoms with van der Waals surface area (Å²) < 4.78 is 0. The van der Waals surface area contributed by atoms with Gasteiger partial charge in [0.1, 0.15) is 0 Å². The summed E-state index contributed by atoms with van der Waals surface area (Å²) in [6.07, 6.45) is 8.53. The van der Waals surface area contributed by atoms with Gasteiger partial charge in [-0.25, -0.2) is 0 Å². The lowest BCUT2D eigenvalue weighted by atomic mass is 9.86. The number of benzene rings is 1. The molecule has 0 aromatic heterocycles. The normalized spacial score (nSPS) is 16.8. The number of hydrogen-bond acceptors (Lipinski definition) is 4. The molecule has 1 heterocycles. The standard InChI is InChI=1S/C26H36N4O3/c27-16-7-17-30(23-10-5-2-6-11-23)26(33)15-14-25(32)29-20-18-28(19-21-29)24(31)13-12-22-8-3-1-4-9-22/h2,5-6,10-11,22H,1,3-4,7-9,12-15,17-21H2. The Kier molecular flexibility index (Phi) is 9.74. The molecule has 0 spiro atoms. The SMILES string of the molecule is N#CCCN(C(=O)CCC(=O)N1CCN(C(=O)CCC2CCCCC2)CC1)c1ccccc1. The van der Waals surface area contributed by atoms with E-state index in [1.807, 2.05) is 35.2 Å². The molecule has 0 bridgehead atoms. The van der Waals surface area contributed by atoms with Crippen LogP contribution in [-0.2, 0) is 14.4 Å². The van der Waals surface area contributed by atoms with Crippen LogP contribution in [0.5, 0.6) is 0 Å². The van der Waals surface area contributed by atoms with E-state index in [1.165, 1.54) is 32.1 Å². The third-order valence-electron chi connectivity index (χ3n) is 6.85. The summed E-state index contributed by atoms with van der Waals surface area (Å²) in [6.45, 7) is 2.51. The molecule has 0 unspecified atom stereocenters. The van der Waals surface area contributed by atoms with Crippen LogP contribution in [0.4, 0.5) is 5.69 Å². The Hall–Kier alpha value is -2.88. The van der Waals surface area contributed by atoms with Crippen LogP contribution in [0, 0.1) is 17.2 Å². The van der Waals surface area contributed by atoms with Gasteiger partial charge in [-0.15, -0.1) is 0 Å². The number of carbonyl (C=O) groups is 3. The minimum atomic E-state index is -0.152. The highest BCUT2D eigenvalue weighted by Crippen LogP contribution is 2.27. The lowest BCUT2D eigenvalue weighted by Gasteiger charge is -2.35. The van der Waals surface area contributed by atoms with Crippen molar-refractivity contribution in [2.45, 2.75) is 64.2 Å². The molecule has 1 aliphatic heterocycles. The Morgan fingerprint density at radius 3 is 2.09 bits per heavy atom. The molecule has 3 amide bonds. The van der Waals surface area contributed by atoms with Crippen LogP contribution >= 0.6 is 0 Å². The lowest BCUT2D eigenvalue weighted by Crippen LogP contribution is -2.50. The highest BCUT2D eigenvalue weighted by atomic mass is 16.2. The number of nitrogens with zero attached hydrogens (tertiary/aromatic N) is 4. The number of carbonyl (C=O) groups excluding carboxylic acids is 3. The second kappa shape index (κ2) is 13.0. The number of rotatable bonds is 9. The van der Waals surface area contributed by atoms with Crippen molar-refractivity contribution < 1.29 is 14.4 Å². The molecular weight excluding hydrogens is 416 g/mol. The Morgan fingerprint density at radius 2 is 1.48 bits per heavy atom. The van der Waals surface area contributed by atoms with Crippen molar-refractivity contribution in [3.63, 3.8) is 0 Å². The Labute approximate surface area is 197 Å². The van der Waals surface area contributed by atoms with E-state index in [9.17, 15) is 14.4 Å². The molecule has 1 saturated heterocycles. The van der Waals surface area contributed by atoms with E-state index >= 15 is 0 Å². The molecule has 3 rings (SSSR count). The van der Waals surface area contributed by atoms with Gasteiger partial charge in [-0.05, 0) is 24.5 Å². The summed E-state index contributed by atoms with van der Waals surface area (Å²) in [4.78, 5) is 43.3. The van der Waals surface area contributed by atoms with Gasteiger partial charge in [0.2, 0.25) is 17.7 Å². The third kappa shape index (κ3) is 7.59. The van der Waals surface area contributed by atoms with Crippen LogP contribution < -0.4 is 4.90 Å². The van der Waals surface area contributed by atoms with Crippen LogP contribution in [0.3, 0.4) is 0 Å². The quantitative estimate of drug-likeness (QED) is 0.571. The zero-order valence-corrected chi connectivity index (χ0v) is 19.6. The highest BCUT2D eigenvalue weighted by Gasteiger charge is 2.26. The van der Waals surface area contributed by atoms with Crippen molar-refractivity contribution in [1.29, 1.82) is 5.26 Å². The topological polar surface area (TPSA) is 84.7 Å². The van der Waals surface area contributed by atoms with Crippen LogP contribution in [0.1, 0.15) is 64.2 Å². The fourth-order valence-corrected chi connectivity index (χ4v) is 4.84. The molecule has 1 saturated carbocycles. The molecule has 33 heavy (non-hydrogen) atoms. The van der Waals surface area contributed by atoms with Crippen LogP contribution in [0.15, 0.2) is 30.3 Å². The third-order valence-corrected chi connectivity index (χ3v) is 6.85. The average molecular weight is 453 g/mol. The summed E-state index contributed by atoms with van der Waals surface area (Å²) in [5.41, 5.74) is 0.741. The van der Waals surface area contributed by atoms with E-state index in [0.717, 1.165) is 12.1 Å². The molecule has 0 N–H and O–H groups in total. The van der Waals surface area contributed by atoms with Gasteiger partial charge in [-0.1, -0.05) is 50.3 Å². The molecule has 2 aliphatic rings. The van der Waals surface area contributed by atoms with E-state index in [4.69, 9.17) is 5.26 Å². The largest absolute Gasteiger partial charge is 0.339 e. The van der Waals surface area contributed by atoms with Crippen molar-refractivity contribution >= 4 is 23.4 Å². The second-order valence-corrected chi connectivity index (χ2v) is 9.09. The van der Waals surface area contributed by atoms with E-state index in [1.54, 1.807) is 9.80 Å². The fourth-order valence-electron chi connectivity index (χ4n) is 4.84. The number of anilines is 1. The van der Waals surface area contributed by atoms with Crippen LogP contribution in [0.2, 0.25) is 0 Å². The number of amides is 3. The molecule has 178 valence electrons. The fraction of sp³-hybridized carbons (Fsp3) is 0.615. The lowest BCUT2D eigenvalue weighted by molar-refractivity contribution is -0.140. The van der Waals surface area contributed by atoms with Gasteiger partial charge in [0.15, 0.2) is 0 Å². The second-order valence-electron chi connectivity index (χ2n) is 9.09. The van der Waals surface area contributed by atoms with Gasteiger partial charge < -0.3 is 14.7 Å². The first kappa shape index (κ1) is 24.8. The summed E-state index contributed by atoms with van der Waals surface area (Å²) in [5.74, 6) is 0.706. The first-order chi connectivity index (χ1) is 16.1. The van der Waals surface area contributed by atoms with E-state index in [2.05, 4.69) is 6.07 Å². The zero-order chi connectivity index (χ0) is 23.5. The smallest absolute Gasteiger partial charge is 0.227 e.